The zero-order valence-corrected chi connectivity index (χ0v) is 8.84. The quantitative estimate of drug-likeness (QED) is 0.706. The van der Waals surface area contributed by atoms with E-state index in [1.54, 1.807) is 0 Å². The molecular weight excluding hydrogens is 190 g/mol. The molecule has 1 aromatic rings. The van der Waals surface area contributed by atoms with Crippen molar-refractivity contribution >= 4 is 11.6 Å². The van der Waals surface area contributed by atoms with Gasteiger partial charge in [-0.2, -0.15) is 4.98 Å². The molecule has 0 bridgehead atoms. The smallest absolute Gasteiger partial charge is 0.394 e. The van der Waals surface area contributed by atoms with E-state index in [1.165, 1.54) is 6.26 Å². The van der Waals surface area contributed by atoms with Crippen molar-refractivity contribution in [2.24, 2.45) is 5.92 Å². The summed E-state index contributed by atoms with van der Waals surface area (Å²) < 4.78 is 10.5. The number of hydrogen-bond acceptors (Lipinski definition) is 3. The van der Waals surface area contributed by atoms with Crippen molar-refractivity contribution in [2.75, 3.05) is 0 Å². The molecule has 0 aromatic carbocycles. The minimum Gasteiger partial charge on any atom is -0.447 e. The number of halogens is 1. The Hall–Kier alpha value is -0.700. The van der Waals surface area contributed by atoms with Gasteiger partial charge in [0.05, 0.1) is 11.6 Å². The Bertz CT molecular complexity index is 260. The second-order valence-electron chi connectivity index (χ2n) is 3.31. The predicted octanol–water partition coefficient (Wildman–Crippen LogP) is 2.84. The number of hydrogen-bond donors (Lipinski definition) is 0. The summed E-state index contributed by atoms with van der Waals surface area (Å²) in [6, 6.07) is 0. The van der Waals surface area contributed by atoms with Crippen LogP contribution < -0.4 is 4.74 Å². The van der Waals surface area contributed by atoms with Gasteiger partial charge in [-0.05, 0) is 12.8 Å². The standard InChI is InChI=1S/C9H14ClNO2/c1-6(2)7(3)13-9-11-8(4-10)5-12-9/h5-7H,4H2,1-3H3. The van der Waals surface area contributed by atoms with Crippen LogP contribution in [0.1, 0.15) is 26.5 Å². The third kappa shape index (κ3) is 2.92. The van der Waals surface area contributed by atoms with Gasteiger partial charge in [-0.15, -0.1) is 11.6 Å². The lowest BCUT2D eigenvalue weighted by Crippen LogP contribution is -2.18. The van der Waals surface area contributed by atoms with E-state index in [9.17, 15) is 0 Å². The summed E-state index contributed by atoms with van der Waals surface area (Å²) in [5.41, 5.74) is 0.702. The van der Waals surface area contributed by atoms with Crippen molar-refractivity contribution in [1.82, 2.24) is 4.98 Å². The first-order valence-corrected chi connectivity index (χ1v) is 4.84. The van der Waals surface area contributed by atoms with E-state index in [4.69, 9.17) is 20.8 Å². The molecule has 0 aliphatic rings. The lowest BCUT2D eigenvalue weighted by Gasteiger charge is -2.14. The second-order valence-corrected chi connectivity index (χ2v) is 3.57. The van der Waals surface area contributed by atoms with Gasteiger partial charge >= 0.3 is 6.08 Å². The summed E-state index contributed by atoms with van der Waals surface area (Å²) in [7, 11) is 0. The molecule has 1 unspecified atom stereocenters. The zero-order valence-electron chi connectivity index (χ0n) is 8.08. The molecule has 0 spiro atoms. The Kier molecular flexibility index (Phi) is 3.60. The lowest BCUT2D eigenvalue weighted by atomic mass is 10.1. The van der Waals surface area contributed by atoms with E-state index in [0.717, 1.165) is 0 Å². The maximum atomic E-state index is 5.56. The van der Waals surface area contributed by atoms with Crippen LogP contribution in [-0.4, -0.2) is 11.1 Å². The Balaban J connectivity index is 2.53. The first-order valence-electron chi connectivity index (χ1n) is 4.30. The van der Waals surface area contributed by atoms with Gasteiger partial charge in [0.2, 0.25) is 0 Å². The molecule has 1 rings (SSSR count). The number of aromatic nitrogens is 1. The maximum Gasteiger partial charge on any atom is 0.394 e. The highest BCUT2D eigenvalue weighted by Crippen LogP contribution is 2.15. The van der Waals surface area contributed by atoms with Crippen molar-refractivity contribution in [3.63, 3.8) is 0 Å². The molecule has 0 saturated carbocycles. The molecule has 13 heavy (non-hydrogen) atoms. The largest absolute Gasteiger partial charge is 0.447 e. The van der Waals surface area contributed by atoms with Gasteiger partial charge in [0.25, 0.3) is 0 Å². The second kappa shape index (κ2) is 4.51. The Morgan fingerprint density at radius 2 is 2.23 bits per heavy atom. The third-order valence-electron chi connectivity index (χ3n) is 1.89. The van der Waals surface area contributed by atoms with E-state index < -0.39 is 0 Å². The molecule has 0 fully saturated rings. The molecule has 0 aliphatic heterocycles. The molecule has 0 amide bonds. The fraction of sp³-hybridized carbons (Fsp3) is 0.667. The highest BCUT2D eigenvalue weighted by Gasteiger charge is 2.12. The zero-order chi connectivity index (χ0) is 9.84. The van der Waals surface area contributed by atoms with Crippen LogP contribution in [0, 0.1) is 5.92 Å². The number of ether oxygens (including phenoxy) is 1. The van der Waals surface area contributed by atoms with Crippen LogP contribution in [0.4, 0.5) is 0 Å². The summed E-state index contributed by atoms with van der Waals surface area (Å²) in [6.45, 7) is 6.14. The Morgan fingerprint density at radius 1 is 1.54 bits per heavy atom. The maximum absolute atomic E-state index is 5.56. The molecule has 74 valence electrons. The van der Waals surface area contributed by atoms with E-state index >= 15 is 0 Å². The van der Waals surface area contributed by atoms with Crippen LogP contribution in [0.2, 0.25) is 0 Å². The molecule has 0 N–H and O–H groups in total. The highest BCUT2D eigenvalue weighted by atomic mass is 35.5. The average molecular weight is 204 g/mol. The van der Waals surface area contributed by atoms with Crippen molar-refractivity contribution < 1.29 is 9.15 Å². The molecule has 0 aliphatic carbocycles. The third-order valence-corrected chi connectivity index (χ3v) is 2.17. The summed E-state index contributed by atoms with van der Waals surface area (Å²) in [6.07, 6.45) is 1.91. The monoisotopic (exact) mass is 203 g/mol. The van der Waals surface area contributed by atoms with Gasteiger partial charge < -0.3 is 9.15 Å². The van der Waals surface area contributed by atoms with Crippen LogP contribution in [-0.2, 0) is 5.88 Å². The van der Waals surface area contributed by atoms with Gasteiger partial charge in [0, 0.05) is 0 Å². The van der Waals surface area contributed by atoms with E-state index in [1.807, 2.05) is 6.92 Å². The minimum absolute atomic E-state index is 0.0989. The van der Waals surface area contributed by atoms with Crippen molar-refractivity contribution in [2.45, 2.75) is 32.8 Å². The van der Waals surface area contributed by atoms with Crippen LogP contribution >= 0.6 is 11.6 Å². The number of nitrogens with zero attached hydrogens (tertiary/aromatic N) is 1. The van der Waals surface area contributed by atoms with E-state index in [-0.39, 0.29) is 6.10 Å². The lowest BCUT2D eigenvalue weighted by molar-refractivity contribution is 0.123. The van der Waals surface area contributed by atoms with Gasteiger partial charge in [-0.3, -0.25) is 0 Å². The van der Waals surface area contributed by atoms with E-state index in [0.29, 0.717) is 23.6 Å². The van der Waals surface area contributed by atoms with Crippen molar-refractivity contribution in [3.8, 4) is 6.08 Å². The van der Waals surface area contributed by atoms with Gasteiger partial charge in [0.15, 0.2) is 0 Å². The first-order chi connectivity index (χ1) is 6.13. The Labute approximate surface area is 83.1 Å². The molecular formula is C9H14ClNO2. The van der Waals surface area contributed by atoms with Gasteiger partial charge in [-0.1, -0.05) is 13.8 Å². The average Bonchev–Trinajstić information content (AvgIpc) is 2.52. The summed E-state index contributed by atoms with van der Waals surface area (Å²) in [4.78, 5) is 4.03. The fourth-order valence-electron chi connectivity index (χ4n) is 0.699. The van der Waals surface area contributed by atoms with Crippen LogP contribution in [0.25, 0.3) is 0 Å². The van der Waals surface area contributed by atoms with Crippen LogP contribution in [0.5, 0.6) is 6.08 Å². The van der Waals surface area contributed by atoms with E-state index in [2.05, 4.69) is 18.8 Å². The van der Waals surface area contributed by atoms with Gasteiger partial charge in [-0.25, -0.2) is 0 Å². The molecule has 0 saturated heterocycles. The first kappa shape index (κ1) is 10.4. The summed E-state index contributed by atoms with van der Waals surface area (Å²) >= 11 is 5.56. The minimum atomic E-state index is 0.0989. The molecule has 1 atom stereocenters. The SMILES string of the molecule is CC(C)C(C)Oc1nc(CCl)co1. The molecule has 0 radical (unpaired) electrons. The number of oxazole rings is 1. The van der Waals surface area contributed by atoms with Gasteiger partial charge in [0.1, 0.15) is 12.4 Å². The number of rotatable bonds is 4. The fourth-order valence-corrected chi connectivity index (χ4v) is 0.822. The molecule has 1 aromatic heterocycles. The predicted molar refractivity (Wildman–Crippen MR) is 51.0 cm³/mol. The summed E-state index contributed by atoms with van der Waals surface area (Å²) in [5, 5.41) is 0. The van der Waals surface area contributed by atoms with Crippen LogP contribution in [0.3, 0.4) is 0 Å². The normalized spacial score (nSPS) is 13.3. The number of alkyl halides is 1. The van der Waals surface area contributed by atoms with Crippen molar-refractivity contribution in [1.29, 1.82) is 0 Å². The molecule has 1 heterocycles. The molecule has 3 nitrogen and oxygen atoms in total. The molecule has 4 heteroatoms. The highest BCUT2D eigenvalue weighted by molar-refractivity contribution is 6.16. The Morgan fingerprint density at radius 3 is 2.69 bits per heavy atom. The van der Waals surface area contributed by atoms with Crippen LogP contribution in [0.15, 0.2) is 10.7 Å². The van der Waals surface area contributed by atoms with Crippen molar-refractivity contribution in [3.05, 3.63) is 12.0 Å². The topological polar surface area (TPSA) is 35.3 Å². The summed E-state index contributed by atoms with van der Waals surface area (Å²) in [5.74, 6) is 0.787.